The Morgan fingerprint density at radius 2 is 1.14 bits per heavy atom. The fourth-order valence-electron chi connectivity index (χ4n) is 5.01. The van der Waals surface area contributed by atoms with Crippen molar-refractivity contribution in [3.63, 3.8) is 0 Å². The van der Waals surface area contributed by atoms with E-state index in [1.54, 1.807) is 6.08 Å². The molecule has 9 heteroatoms. The second kappa shape index (κ2) is 37.4. The summed E-state index contributed by atoms with van der Waals surface area (Å²) in [7, 11) is -4.35. The van der Waals surface area contributed by atoms with Crippen molar-refractivity contribution in [3.8, 4) is 0 Å². The average molecular weight is 733 g/mol. The van der Waals surface area contributed by atoms with Crippen molar-refractivity contribution in [2.45, 2.75) is 154 Å². The smallest absolute Gasteiger partial charge is 0.387 e. The maximum atomic E-state index is 12.7. The topological polar surface area (TPSA) is 131 Å². The molecule has 0 bridgehead atoms. The van der Waals surface area contributed by atoms with Crippen LogP contribution in [0, 0.1) is 0 Å². The first-order chi connectivity index (χ1) is 24.9. The van der Waals surface area contributed by atoms with Gasteiger partial charge >= 0.3 is 7.82 Å². The molecular formula is C42H73N2O6P. The zero-order valence-electron chi connectivity index (χ0n) is 32.1. The molecule has 0 rings (SSSR count). The van der Waals surface area contributed by atoms with Gasteiger partial charge in [0.1, 0.15) is 0 Å². The first kappa shape index (κ1) is 48.7. The lowest BCUT2D eigenvalue weighted by Crippen LogP contribution is -2.45. The van der Waals surface area contributed by atoms with Gasteiger partial charge in [-0.3, -0.25) is 13.8 Å². The molecule has 3 atom stereocenters. The van der Waals surface area contributed by atoms with Crippen molar-refractivity contribution >= 4 is 13.7 Å². The predicted octanol–water partition coefficient (Wildman–Crippen LogP) is 10.7. The second-order valence-electron chi connectivity index (χ2n) is 12.8. The largest absolute Gasteiger partial charge is 0.472 e. The molecule has 292 valence electrons. The van der Waals surface area contributed by atoms with Crippen LogP contribution in [0.4, 0.5) is 0 Å². The number of carbonyl (C=O) groups excluding carboxylic acids is 1. The van der Waals surface area contributed by atoms with E-state index in [9.17, 15) is 19.4 Å². The van der Waals surface area contributed by atoms with Crippen LogP contribution >= 0.6 is 7.82 Å². The van der Waals surface area contributed by atoms with Crippen LogP contribution in [0.1, 0.15) is 142 Å². The highest BCUT2D eigenvalue weighted by Crippen LogP contribution is 2.43. The lowest BCUT2D eigenvalue weighted by molar-refractivity contribution is -0.123. The van der Waals surface area contributed by atoms with Gasteiger partial charge in [-0.15, -0.1) is 0 Å². The fraction of sp³-hybridized carbons (Fsp3) is 0.643. The van der Waals surface area contributed by atoms with Crippen molar-refractivity contribution in [3.05, 3.63) is 85.1 Å². The zero-order valence-corrected chi connectivity index (χ0v) is 32.9. The minimum atomic E-state index is -4.35. The van der Waals surface area contributed by atoms with Crippen molar-refractivity contribution in [1.82, 2.24) is 5.32 Å². The minimum Gasteiger partial charge on any atom is -0.387 e. The Morgan fingerprint density at radius 3 is 1.67 bits per heavy atom. The summed E-state index contributed by atoms with van der Waals surface area (Å²) in [5.41, 5.74) is 5.35. The molecule has 0 spiro atoms. The third-order valence-electron chi connectivity index (χ3n) is 7.98. The van der Waals surface area contributed by atoms with Crippen LogP contribution in [-0.2, 0) is 18.4 Å². The van der Waals surface area contributed by atoms with E-state index >= 15 is 0 Å². The normalized spacial score (nSPS) is 15.2. The fourth-order valence-corrected chi connectivity index (χ4v) is 5.77. The number of rotatable bonds is 35. The SMILES string of the molecule is CC/C=C\C/C=C\C/C=C\C/C=C\C/C=C\C/C=C\CCCCC(=O)NC(COP(=O)(O)OCCN)C(O)/C=C/CCCCCCCCCCC. The molecular weight excluding hydrogens is 659 g/mol. The summed E-state index contributed by atoms with van der Waals surface area (Å²) in [6.07, 6.45) is 49.2. The molecule has 0 heterocycles. The number of aliphatic hydroxyl groups excluding tert-OH is 1. The van der Waals surface area contributed by atoms with Crippen LogP contribution in [0.5, 0.6) is 0 Å². The molecule has 0 saturated carbocycles. The van der Waals surface area contributed by atoms with Gasteiger partial charge in [0.25, 0.3) is 0 Å². The van der Waals surface area contributed by atoms with Crippen LogP contribution in [-0.4, -0.2) is 47.8 Å². The Bertz CT molecular complexity index is 1070. The van der Waals surface area contributed by atoms with E-state index in [4.69, 9.17) is 14.8 Å². The number of hydrogen-bond acceptors (Lipinski definition) is 6. The molecule has 5 N–H and O–H groups in total. The highest BCUT2D eigenvalue weighted by atomic mass is 31.2. The molecule has 51 heavy (non-hydrogen) atoms. The lowest BCUT2D eigenvalue weighted by Gasteiger charge is -2.23. The molecule has 0 radical (unpaired) electrons. The standard InChI is InChI=1S/C42H73N2O6P/c1-3-5-7-9-11-13-15-16-17-18-19-20-21-22-23-24-26-28-30-32-34-36-42(46)44-40(39-50-51(47,48)49-38-37-43)41(45)35-33-31-29-27-25-14-12-10-8-6-4-2/h5,7,11,13,16-17,19-20,22-23,26,28,33,35,40-41,45H,3-4,6,8-10,12,14-15,18,21,24-25,27,29-32,34,36-39,43H2,1-2H3,(H,44,46)(H,47,48)/b7-5-,13-11-,17-16-,20-19-,23-22-,28-26-,35-33+. The number of carbonyl (C=O) groups is 1. The number of phosphoric acid groups is 1. The van der Waals surface area contributed by atoms with Gasteiger partial charge in [-0.05, 0) is 70.6 Å². The van der Waals surface area contributed by atoms with Gasteiger partial charge in [-0.1, -0.05) is 150 Å². The molecule has 8 nitrogen and oxygen atoms in total. The van der Waals surface area contributed by atoms with E-state index in [-0.39, 0.29) is 32.1 Å². The second-order valence-corrected chi connectivity index (χ2v) is 14.2. The van der Waals surface area contributed by atoms with Gasteiger partial charge < -0.3 is 21.1 Å². The molecule has 0 aliphatic heterocycles. The summed E-state index contributed by atoms with van der Waals surface area (Å²) in [6.45, 7) is 3.94. The summed E-state index contributed by atoms with van der Waals surface area (Å²) in [4.78, 5) is 22.6. The van der Waals surface area contributed by atoms with E-state index in [0.29, 0.717) is 6.42 Å². The maximum absolute atomic E-state index is 12.7. The van der Waals surface area contributed by atoms with Gasteiger partial charge in [-0.2, -0.15) is 0 Å². The quantitative estimate of drug-likeness (QED) is 0.0290. The molecule has 0 aliphatic carbocycles. The van der Waals surface area contributed by atoms with Crippen LogP contribution in [0.3, 0.4) is 0 Å². The monoisotopic (exact) mass is 733 g/mol. The van der Waals surface area contributed by atoms with Gasteiger partial charge in [0.05, 0.1) is 25.4 Å². The molecule has 0 fully saturated rings. The highest BCUT2D eigenvalue weighted by molar-refractivity contribution is 7.47. The maximum Gasteiger partial charge on any atom is 0.472 e. The van der Waals surface area contributed by atoms with Crippen molar-refractivity contribution in [2.24, 2.45) is 5.73 Å². The van der Waals surface area contributed by atoms with E-state index in [0.717, 1.165) is 70.6 Å². The highest BCUT2D eigenvalue weighted by Gasteiger charge is 2.26. The average Bonchev–Trinajstić information content (AvgIpc) is 3.12. The summed E-state index contributed by atoms with van der Waals surface area (Å²) in [5.74, 6) is -0.242. The first-order valence-electron chi connectivity index (χ1n) is 19.7. The van der Waals surface area contributed by atoms with Crippen LogP contribution in [0.25, 0.3) is 0 Å². The Kier molecular flexibility index (Phi) is 35.7. The van der Waals surface area contributed by atoms with E-state index < -0.39 is 20.0 Å². The number of phosphoric ester groups is 1. The molecule has 0 aromatic rings. The van der Waals surface area contributed by atoms with Gasteiger partial charge in [-0.25, -0.2) is 4.57 Å². The number of amides is 1. The molecule has 1 amide bonds. The van der Waals surface area contributed by atoms with E-state index in [1.165, 1.54) is 44.9 Å². The summed E-state index contributed by atoms with van der Waals surface area (Å²) in [6, 6.07) is -0.887. The zero-order chi connectivity index (χ0) is 37.5. The molecule has 0 aromatic carbocycles. The number of nitrogens with one attached hydrogen (secondary N) is 1. The van der Waals surface area contributed by atoms with Crippen molar-refractivity contribution < 1.29 is 28.4 Å². The Morgan fingerprint density at radius 1 is 0.667 bits per heavy atom. The van der Waals surface area contributed by atoms with Crippen LogP contribution in [0.15, 0.2) is 85.1 Å². The van der Waals surface area contributed by atoms with E-state index in [2.05, 4.69) is 92.1 Å². The predicted molar refractivity (Wildman–Crippen MR) is 216 cm³/mol. The molecule has 3 unspecified atom stereocenters. The Balaban J connectivity index is 4.37. The number of allylic oxidation sites excluding steroid dienone is 13. The number of hydrogen-bond donors (Lipinski definition) is 4. The number of aliphatic hydroxyl groups is 1. The van der Waals surface area contributed by atoms with Gasteiger partial charge in [0, 0.05) is 13.0 Å². The lowest BCUT2D eigenvalue weighted by atomic mass is 10.1. The Labute approximate surface area is 311 Å². The summed E-state index contributed by atoms with van der Waals surface area (Å²) < 4.78 is 22.0. The van der Waals surface area contributed by atoms with Crippen LogP contribution in [0.2, 0.25) is 0 Å². The summed E-state index contributed by atoms with van der Waals surface area (Å²) in [5, 5.41) is 13.6. The number of unbranched alkanes of at least 4 members (excludes halogenated alkanes) is 11. The molecule has 0 saturated heterocycles. The third-order valence-corrected chi connectivity index (χ3v) is 8.96. The van der Waals surface area contributed by atoms with Gasteiger partial charge in [0.2, 0.25) is 5.91 Å². The Hall–Kier alpha value is -2.32. The number of nitrogens with two attached hydrogens (primary N) is 1. The molecule has 0 aliphatic rings. The van der Waals surface area contributed by atoms with Crippen molar-refractivity contribution in [2.75, 3.05) is 19.8 Å². The van der Waals surface area contributed by atoms with E-state index in [1.807, 2.05) is 6.08 Å². The van der Waals surface area contributed by atoms with Gasteiger partial charge in [0.15, 0.2) is 0 Å². The minimum absolute atomic E-state index is 0.0663. The van der Waals surface area contributed by atoms with Crippen LogP contribution < -0.4 is 11.1 Å². The first-order valence-corrected chi connectivity index (χ1v) is 21.2. The summed E-state index contributed by atoms with van der Waals surface area (Å²) >= 11 is 0. The molecule has 0 aromatic heterocycles. The third kappa shape index (κ3) is 35.9. The van der Waals surface area contributed by atoms with Crippen molar-refractivity contribution in [1.29, 1.82) is 0 Å².